The number of aryl methyl sites for hydroxylation is 2. The van der Waals surface area contributed by atoms with E-state index in [-0.39, 0.29) is 86.0 Å². The van der Waals surface area contributed by atoms with Crippen molar-refractivity contribution in [2.75, 3.05) is 0 Å². The van der Waals surface area contributed by atoms with Crippen LogP contribution in [-0.2, 0) is 38.3 Å². The Bertz CT molecular complexity index is 2670. The predicted octanol–water partition coefficient (Wildman–Crippen LogP) is 0.178. The van der Waals surface area contributed by atoms with Crippen molar-refractivity contribution in [1.29, 1.82) is 0 Å². The van der Waals surface area contributed by atoms with Gasteiger partial charge in [0, 0.05) is 41.0 Å². The van der Waals surface area contributed by atoms with Crippen LogP contribution in [0.2, 0.25) is 0 Å². The van der Waals surface area contributed by atoms with E-state index in [1.54, 1.807) is 0 Å². The normalized spacial score (nSPS) is 11.1. The summed E-state index contributed by atoms with van der Waals surface area (Å²) in [7, 11) is 2.61. The summed E-state index contributed by atoms with van der Waals surface area (Å²) in [5.74, 6) is -6.56. The molecule has 0 fully saturated rings. The van der Waals surface area contributed by atoms with Crippen LogP contribution < -0.4 is 42.6 Å². The van der Waals surface area contributed by atoms with Gasteiger partial charge in [0.25, 0.3) is 11.8 Å². The Morgan fingerprint density at radius 1 is 0.600 bits per heavy atom. The van der Waals surface area contributed by atoms with Crippen LogP contribution in [0.3, 0.4) is 0 Å². The molecule has 336 valence electrons. The number of amides is 4. The molecule has 0 aliphatic carbocycles. The van der Waals surface area contributed by atoms with Crippen LogP contribution in [0.15, 0.2) is 67.0 Å². The van der Waals surface area contributed by atoms with E-state index in [0.717, 1.165) is 9.13 Å². The summed E-state index contributed by atoms with van der Waals surface area (Å²) in [6.07, 6.45) is 0. The Balaban J connectivity index is 0.000000280. The molecule has 2 aromatic carbocycles. The molecule has 4 heterocycles. The number of aromatic nitrogens is 8. The largest absolute Gasteiger partial charge is 2.00 e. The Morgan fingerprint density at radius 2 is 0.923 bits per heavy atom. The number of halogens is 2. The maximum atomic E-state index is 13.0. The first-order valence-corrected chi connectivity index (χ1v) is 18.9. The van der Waals surface area contributed by atoms with E-state index >= 15 is 0 Å². The van der Waals surface area contributed by atoms with Gasteiger partial charge in [0.2, 0.25) is 22.9 Å². The molecule has 0 atom stereocenters. The number of nitrogens with one attached hydrogen (secondary N) is 4. The van der Waals surface area contributed by atoms with Crippen molar-refractivity contribution >= 4 is 61.4 Å². The standard InChI is InChI=1S/2C20H21FN6O5.Ca/c2*1-10-25-26-17(32-10)16(30)24-20(2,3)19-23-13(14(28)18(31)27(19)4)15(29)22-9-11-5-7-12(21)8-6-11;/h2*5-8,28H,9H2,1-4H3,(H,22,29)(H,24,30);/q;;+2/p-2. The maximum absolute atomic E-state index is 13.0. The number of hydrogen-bond donors (Lipinski definition) is 4. The zero-order valence-corrected chi connectivity index (χ0v) is 38.4. The molecule has 0 aliphatic rings. The predicted molar refractivity (Wildman–Crippen MR) is 218 cm³/mol. The average Bonchev–Trinajstić information content (AvgIpc) is 3.89. The number of benzene rings is 2. The van der Waals surface area contributed by atoms with Crippen molar-refractivity contribution in [2.24, 2.45) is 14.1 Å². The maximum Gasteiger partial charge on any atom is 2.00 e. The fraction of sp³-hybridized carbons (Fsp3) is 0.300. The van der Waals surface area contributed by atoms with Crippen LogP contribution in [0.25, 0.3) is 0 Å². The van der Waals surface area contributed by atoms with E-state index in [1.165, 1.54) is 104 Å². The molecule has 4 aromatic heterocycles. The van der Waals surface area contributed by atoms with E-state index in [4.69, 9.17) is 8.83 Å². The third-order valence-corrected chi connectivity index (χ3v) is 9.07. The summed E-state index contributed by atoms with van der Waals surface area (Å²) in [4.78, 5) is 83.1. The summed E-state index contributed by atoms with van der Waals surface area (Å²) < 4.78 is 38.1. The Labute approximate surface area is 396 Å². The fourth-order valence-electron chi connectivity index (χ4n) is 5.89. The van der Waals surface area contributed by atoms with E-state index in [0.29, 0.717) is 11.1 Å². The van der Waals surface area contributed by atoms with Crippen molar-refractivity contribution in [2.45, 2.75) is 65.7 Å². The second-order valence-corrected chi connectivity index (χ2v) is 15.0. The first kappa shape index (κ1) is 50.7. The first-order valence-electron chi connectivity index (χ1n) is 18.9. The van der Waals surface area contributed by atoms with Gasteiger partial charge in [0.1, 0.15) is 34.7 Å². The second kappa shape index (κ2) is 20.7. The summed E-state index contributed by atoms with van der Waals surface area (Å²) in [5.41, 5.74) is -4.66. The zero-order chi connectivity index (χ0) is 47.3. The molecule has 6 aromatic rings. The molecule has 0 radical (unpaired) electrons. The van der Waals surface area contributed by atoms with Crippen LogP contribution in [0.4, 0.5) is 8.78 Å². The number of carbonyl (C=O) groups is 4. The molecule has 0 spiro atoms. The van der Waals surface area contributed by atoms with E-state index in [2.05, 4.69) is 51.6 Å². The van der Waals surface area contributed by atoms with Crippen molar-refractivity contribution in [1.82, 2.24) is 60.8 Å². The van der Waals surface area contributed by atoms with Crippen LogP contribution in [0.1, 0.15) is 105 Å². The van der Waals surface area contributed by atoms with Gasteiger partial charge in [0.05, 0.1) is 11.1 Å². The number of rotatable bonds is 12. The van der Waals surface area contributed by atoms with Crippen molar-refractivity contribution in [3.63, 3.8) is 0 Å². The van der Waals surface area contributed by atoms with E-state index < -0.39 is 80.3 Å². The third-order valence-electron chi connectivity index (χ3n) is 9.07. The van der Waals surface area contributed by atoms with Gasteiger partial charge in [-0.15, -0.1) is 20.4 Å². The molecular formula is C40H40CaF2N12O10. The molecule has 0 unspecified atom stereocenters. The minimum absolute atomic E-state index is 0. The second-order valence-electron chi connectivity index (χ2n) is 15.0. The van der Waals surface area contributed by atoms with Gasteiger partial charge >= 0.3 is 61.3 Å². The molecule has 6 rings (SSSR count). The molecule has 0 saturated carbocycles. The van der Waals surface area contributed by atoms with Crippen molar-refractivity contribution < 1.29 is 47.0 Å². The number of carbonyl (C=O) groups excluding carboxylic acids is 4. The third kappa shape index (κ3) is 12.2. The van der Waals surface area contributed by atoms with Crippen LogP contribution in [0, 0.1) is 25.5 Å². The van der Waals surface area contributed by atoms with Gasteiger partial charge in [-0.1, -0.05) is 24.3 Å². The molecule has 4 N–H and O–H groups in total. The molecule has 65 heavy (non-hydrogen) atoms. The Morgan fingerprint density at radius 3 is 1.22 bits per heavy atom. The minimum Gasteiger partial charge on any atom is -0.867 e. The minimum atomic E-state index is -1.30. The summed E-state index contributed by atoms with van der Waals surface area (Å²) >= 11 is 0. The van der Waals surface area contributed by atoms with Gasteiger partial charge in [-0.3, -0.25) is 37.9 Å². The van der Waals surface area contributed by atoms with E-state index in [1.807, 2.05) is 0 Å². The zero-order valence-electron chi connectivity index (χ0n) is 36.2. The van der Waals surface area contributed by atoms with Gasteiger partial charge in [-0.05, 0) is 74.6 Å². The molecule has 4 amide bonds. The summed E-state index contributed by atoms with van der Waals surface area (Å²) in [6, 6.07) is 10.8. The van der Waals surface area contributed by atoms with Gasteiger partial charge in [-0.25, -0.2) is 18.7 Å². The van der Waals surface area contributed by atoms with Crippen molar-refractivity contribution in [3.8, 4) is 11.5 Å². The van der Waals surface area contributed by atoms with Crippen LogP contribution in [-0.4, -0.2) is 101 Å². The topological polar surface area (TPSA) is 310 Å². The number of nitrogens with zero attached hydrogens (tertiary/aromatic N) is 8. The molecule has 22 nitrogen and oxygen atoms in total. The molecule has 0 bridgehead atoms. The molecule has 25 heteroatoms. The van der Waals surface area contributed by atoms with Crippen LogP contribution in [0.5, 0.6) is 11.5 Å². The van der Waals surface area contributed by atoms with Gasteiger partial charge < -0.3 is 40.3 Å². The smallest absolute Gasteiger partial charge is 0.867 e. The van der Waals surface area contributed by atoms with Crippen LogP contribution >= 0.6 is 0 Å². The fourth-order valence-corrected chi connectivity index (χ4v) is 5.89. The molecule has 0 aliphatic heterocycles. The van der Waals surface area contributed by atoms with Gasteiger partial charge in [0.15, 0.2) is 0 Å². The summed E-state index contributed by atoms with van der Waals surface area (Å²) in [6.45, 7) is 9.12. The van der Waals surface area contributed by atoms with Crippen molar-refractivity contribution in [3.05, 3.63) is 139 Å². The quantitative estimate of drug-likeness (QED) is 0.119. The summed E-state index contributed by atoms with van der Waals surface area (Å²) in [5, 5.41) is 49.3. The molecular weight excluding hydrogens is 887 g/mol. The van der Waals surface area contributed by atoms with E-state index in [9.17, 15) is 47.8 Å². The Hall–Kier alpha value is -6.92. The van der Waals surface area contributed by atoms with Gasteiger partial charge in [-0.2, -0.15) is 0 Å². The molecule has 0 saturated heterocycles. The first-order chi connectivity index (χ1) is 30.0. The number of hydrogen-bond acceptors (Lipinski definition) is 16. The monoisotopic (exact) mass is 926 g/mol. The average molecular weight is 927 g/mol. The SMILES string of the molecule is Cc1nnc(C(=O)NC(C)(C)c2nc(C(=O)NCc3ccc(F)cc3)c([O-])c(=O)n2C)o1.Cc1nnc(C(=O)NC(C)(C)c2nc(C(=O)NCc3ccc(F)cc3)c([O-])c(=O)n2C)o1.[Ca+2]. The Kier molecular flexibility index (Phi) is 16.2.